The van der Waals surface area contributed by atoms with Crippen LogP contribution in [0.15, 0.2) is 24.3 Å². The van der Waals surface area contributed by atoms with Gasteiger partial charge in [0.1, 0.15) is 0 Å². The van der Waals surface area contributed by atoms with Crippen LogP contribution in [0.3, 0.4) is 0 Å². The highest BCUT2D eigenvalue weighted by Gasteiger charge is 2.50. The van der Waals surface area contributed by atoms with Gasteiger partial charge in [-0.25, -0.2) is 0 Å². The zero-order chi connectivity index (χ0) is 13.5. The average molecular weight is 276 g/mol. The van der Waals surface area contributed by atoms with Crippen molar-refractivity contribution < 1.29 is 19.6 Å². The van der Waals surface area contributed by atoms with Crippen molar-refractivity contribution in [2.45, 2.75) is 62.9 Å². The fourth-order valence-electron chi connectivity index (χ4n) is 3.41. The Morgan fingerprint density at radius 3 is 2.10 bits per heavy atom. The summed E-state index contributed by atoms with van der Waals surface area (Å²) in [6, 6.07) is 8.40. The molecular formula is C16H20O4. The maximum atomic E-state index is 5.71. The van der Waals surface area contributed by atoms with E-state index < -0.39 is 11.6 Å². The molecular weight excluding hydrogens is 256 g/mol. The largest absolute Gasteiger partial charge is 0.238 e. The van der Waals surface area contributed by atoms with E-state index in [0.717, 1.165) is 38.5 Å². The van der Waals surface area contributed by atoms with Gasteiger partial charge in [0.2, 0.25) is 11.6 Å². The Balaban J connectivity index is 1.49. The molecule has 4 heteroatoms. The third kappa shape index (κ3) is 2.17. The van der Waals surface area contributed by atoms with Crippen LogP contribution in [0.2, 0.25) is 0 Å². The van der Waals surface area contributed by atoms with Crippen molar-refractivity contribution in [2.75, 3.05) is 0 Å². The van der Waals surface area contributed by atoms with Crippen molar-refractivity contribution in [1.29, 1.82) is 0 Å². The highest BCUT2D eigenvalue weighted by molar-refractivity contribution is 5.30. The Bertz CT molecular complexity index is 483. The maximum absolute atomic E-state index is 5.71. The molecule has 0 amide bonds. The maximum Gasteiger partial charge on any atom is 0.238 e. The number of benzene rings is 1. The first-order chi connectivity index (χ1) is 9.79. The number of hydrogen-bond acceptors (Lipinski definition) is 4. The minimum atomic E-state index is -0.767. The van der Waals surface area contributed by atoms with E-state index in [-0.39, 0.29) is 0 Å². The normalized spacial score (nSPS) is 27.4. The van der Waals surface area contributed by atoms with E-state index in [1.165, 1.54) is 17.5 Å². The molecule has 1 aliphatic heterocycles. The zero-order valence-corrected chi connectivity index (χ0v) is 11.6. The van der Waals surface area contributed by atoms with Crippen LogP contribution in [0.4, 0.5) is 0 Å². The topological polar surface area (TPSA) is 36.9 Å². The smallest absolute Gasteiger partial charge is 0.195 e. The molecule has 4 rings (SSSR count). The van der Waals surface area contributed by atoms with E-state index in [0.29, 0.717) is 6.42 Å². The quantitative estimate of drug-likeness (QED) is 0.680. The van der Waals surface area contributed by atoms with E-state index >= 15 is 0 Å². The number of rotatable bonds is 0. The van der Waals surface area contributed by atoms with E-state index in [1.807, 2.05) is 6.07 Å². The van der Waals surface area contributed by atoms with Crippen LogP contribution in [-0.2, 0) is 32.4 Å². The van der Waals surface area contributed by atoms with Crippen molar-refractivity contribution >= 4 is 0 Å². The number of aryl methyl sites for hydroxylation is 1. The van der Waals surface area contributed by atoms with Crippen LogP contribution in [0, 0.1) is 0 Å². The molecule has 1 saturated heterocycles. The molecule has 3 aliphatic rings. The fraction of sp³-hybridized carbons (Fsp3) is 0.625. The van der Waals surface area contributed by atoms with Crippen molar-refractivity contribution in [2.24, 2.45) is 0 Å². The first kappa shape index (κ1) is 12.8. The predicted octanol–water partition coefficient (Wildman–Crippen LogP) is 3.44. The molecule has 1 saturated carbocycles. The summed E-state index contributed by atoms with van der Waals surface area (Å²) in [6.07, 6.45) is 7.49. The number of fused-ring (bicyclic) bond motifs is 1. The highest BCUT2D eigenvalue weighted by Crippen LogP contribution is 2.43. The molecule has 1 aromatic rings. The van der Waals surface area contributed by atoms with Gasteiger partial charge in [-0.2, -0.15) is 19.6 Å². The fourth-order valence-corrected chi connectivity index (χ4v) is 3.41. The minimum Gasteiger partial charge on any atom is -0.195 e. The molecule has 0 aromatic heterocycles. The van der Waals surface area contributed by atoms with Crippen LogP contribution < -0.4 is 0 Å². The lowest BCUT2D eigenvalue weighted by Crippen LogP contribution is -2.53. The summed E-state index contributed by atoms with van der Waals surface area (Å²) in [5.74, 6) is -1.43. The van der Waals surface area contributed by atoms with E-state index in [2.05, 4.69) is 18.2 Å². The van der Waals surface area contributed by atoms with Gasteiger partial charge < -0.3 is 0 Å². The minimum absolute atomic E-state index is 0.666. The summed E-state index contributed by atoms with van der Waals surface area (Å²) >= 11 is 0. The summed E-state index contributed by atoms with van der Waals surface area (Å²) in [5.41, 5.74) is 2.62. The second-order valence-electron chi connectivity index (χ2n) is 6.16. The molecule has 20 heavy (non-hydrogen) atoms. The first-order valence-electron chi connectivity index (χ1n) is 7.60. The summed E-state index contributed by atoms with van der Waals surface area (Å²) in [5, 5.41) is 0. The highest BCUT2D eigenvalue weighted by atomic mass is 17.4. The van der Waals surface area contributed by atoms with Crippen LogP contribution in [-0.4, -0.2) is 11.6 Å². The molecule has 2 aliphatic carbocycles. The summed E-state index contributed by atoms with van der Waals surface area (Å²) < 4.78 is 0. The van der Waals surface area contributed by atoms with Gasteiger partial charge in [-0.15, -0.1) is 0 Å². The Kier molecular flexibility index (Phi) is 3.07. The SMILES string of the molecule is c1ccc2c(c1)CCC1(C2)OOC2(CCCCC2)OO1. The Morgan fingerprint density at radius 2 is 1.35 bits per heavy atom. The molecule has 1 heterocycles. The van der Waals surface area contributed by atoms with Crippen molar-refractivity contribution in [1.82, 2.24) is 0 Å². The molecule has 1 aromatic carbocycles. The Labute approximate surface area is 118 Å². The molecule has 2 spiro atoms. The lowest BCUT2D eigenvalue weighted by Gasteiger charge is -2.45. The molecule has 4 nitrogen and oxygen atoms in total. The van der Waals surface area contributed by atoms with Gasteiger partial charge >= 0.3 is 0 Å². The molecule has 2 fully saturated rings. The van der Waals surface area contributed by atoms with Gasteiger partial charge in [0.25, 0.3) is 0 Å². The molecule has 0 bridgehead atoms. The van der Waals surface area contributed by atoms with Gasteiger partial charge in [-0.3, -0.25) is 0 Å². The van der Waals surface area contributed by atoms with Crippen LogP contribution >= 0.6 is 0 Å². The third-order valence-electron chi connectivity index (χ3n) is 4.66. The van der Waals surface area contributed by atoms with E-state index in [4.69, 9.17) is 19.6 Å². The third-order valence-corrected chi connectivity index (χ3v) is 4.66. The molecule has 0 radical (unpaired) electrons. The second-order valence-corrected chi connectivity index (χ2v) is 6.16. The van der Waals surface area contributed by atoms with Crippen molar-refractivity contribution in [3.05, 3.63) is 35.4 Å². The van der Waals surface area contributed by atoms with E-state index in [1.54, 1.807) is 0 Å². The van der Waals surface area contributed by atoms with Crippen LogP contribution in [0.25, 0.3) is 0 Å². The standard InChI is InChI=1S/C16H20O4/c1-4-9-15(10-5-1)17-19-16(20-18-15)11-8-13-6-2-3-7-14(13)12-16/h2-3,6-7H,1,4-5,8-12H2. The molecule has 0 unspecified atom stereocenters. The average Bonchev–Trinajstić information content (AvgIpc) is 2.52. The lowest BCUT2D eigenvalue weighted by atomic mass is 9.87. The Morgan fingerprint density at radius 1 is 0.700 bits per heavy atom. The Hall–Kier alpha value is -0.940. The first-order valence-corrected chi connectivity index (χ1v) is 7.60. The van der Waals surface area contributed by atoms with Gasteiger partial charge in [0, 0.05) is 25.7 Å². The monoisotopic (exact) mass is 276 g/mol. The van der Waals surface area contributed by atoms with Crippen LogP contribution in [0.1, 0.15) is 49.7 Å². The van der Waals surface area contributed by atoms with Gasteiger partial charge in [-0.1, -0.05) is 30.7 Å². The molecule has 0 atom stereocenters. The summed E-state index contributed by atoms with van der Waals surface area (Å²) in [6.45, 7) is 0. The molecule has 0 N–H and O–H groups in total. The van der Waals surface area contributed by atoms with Gasteiger partial charge in [0.15, 0.2) is 0 Å². The van der Waals surface area contributed by atoms with Crippen LogP contribution in [0.5, 0.6) is 0 Å². The number of hydrogen-bond donors (Lipinski definition) is 0. The second kappa shape index (κ2) is 4.81. The van der Waals surface area contributed by atoms with Gasteiger partial charge in [-0.05, 0) is 30.4 Å². The van der Waals surface area contributed by atoms with E-state index in [9.17, 15) is 0 Å². The van der Waals surface area contributed by atoms with Gasteiger partial charge in [0.05, 0.1) is 0 Å². The lowest BCUT2D eigenvalue weighted by molar-refractivity contribution is -0.660. The summed E-state index contributed by atoms with van der Waals surface area (Å²) in [4.78, 5) is 22.8. The molecule has 108 valence electrons. The van der Waals surface area contributed by atoms with Crippen molar-refractivity contribution in [3.63, 3.8) is 0 Å². The summed E-state index contributed by atoms with van der Waals surface area (Å²) in [7, 11) is 0. The predicted molar refractivity (Wildman–Crippen MR) is 71.4 cm³/mol. The van der Waals surface area contributed by atoms with Crippen molar-refractivity contribution in [3.8, 4) is 0 Å². The zero-order valence-electron chi connectivity index (χ0n) is 11.6.